The van der Waals surface area contributed by atoms with Crippen molar-refractivity contribution in [2.24, 2.45) is 23.5 Å². The third kappa shape index (κ3) is 3.98. The van der Waals surface area contributed by atoms with Crippen LogP contribution in [-0.4, -0.2) is 32.4 Å². The third-order valence-corrected chi connectivity index (χ3v) is 4.38. The molecule has 0 aliphatic heterocycles. The van der Waals surface area contributed by atoms with E-state index in [0.717, 1.165) is 22.0 Å². The number of nitrogens with zero attached hydrogens (tertiary/aromatic N) is 2. The molecule has 0 saturated heterocycles. The topological polar surface area (TPSA) is 144 Å². The number of amides is 1. The number of fused-ring (bicyclic) bond motifs is 1. The van der Waals surface area contributed by atoms with E-state index in [0.29, 0.717) is 5.69 Å². The van der Waals surface area contributed by atoms with Gasteiger partial charge >= 0.3 is 7.60 Å². The summed E-state index contributed by atoms with van der Waals surface area (Å²) in [6, 6.07) is 5.36. The second kappa shape index (κ2) is 6.16. The number of aliphatic imine (C=N–C) groups is 1. The van der Waals surface area contributed by atoms with Crippen molar-refractivity contribution in [2.75, 3.05) is 6.16 Å². The van der Waals surface area contributed by atoms with Gasteiger partial charge in [-0.25, -0.2) is 0 Å². The minimum atomic E-state index is -4.05. The van der Waals surface area contributed by atoms with Crippen LogP contribution in [0.2, 0.25) is 0 Å². The Morgan fingerprint density at radius 1 is 1.30 bits per heavy atom. The number of carbonyl (C=O) groups excluding carboxylic acids is 1. The van der Waals surface area contributed by atoms with E-state index in [2.05, 4.69) is 4.99 Å². The lowest BCUT2D eigenvalue weighted by atomic mass is 10.1. The summed E-state index contributed by atoms with van der Waals surface area (Å²) in [7, 11) is -2.34. The minimum Gasteiger partial charge on any atom is -0.370 e. The van der Waals surface area contributed by atoms with Gasteiger partial charge in [-0.05, 0) is 36.6 Å². The summed E-state index contributed by atoms with van der Waals surface area (Å²) in [6.07, 6.45) is 0.0333. The van der Waals surface area contributed by atoms with Crippen molar-refractivity contribution in [1.29, 1.82) is 0 Å². The van der Waals surface area contributed by atoms with Crippen molar-refractivity contribution in [1.82, 2.24) is 4.57 Å². The summed E-state index contributed by atoms with van der Waals surface area (Å²) >= 11 is 0. The molecule has 0 saturated carbocycles. The maximum atomic E-state index is 12.0. The lowest BCUT2D eigenvalue weighted by molar-refractivity contribution is 0.0995. The molecule has 1 aromatic heterocycles. The summed E-state index contributed by atoms with van der Waals surface area (Å²) in [5.41, 5.74) is 13.3. The molecule has 2 aromatic rings. The number of nitrogens with two attached hydrogens (primary N) is 2. The summed E-state index contributed by atoms with van der Waals surface area (Å²) in [5.74, 6) is -0.848. The molecule has 0 atom stereocenters. The zero-order valence-electron chi connectivity index (χ0n) is 12.9. The van der Waals surface area contributed by atoms with Gasteiger partial charge in [0.15, 0.2) is 5.96 Å². The molecule has 0 aliphatic carbocycles. The van der Waals surface area contributed by atoms with Gasteiger partial charge in [0, 0.05) is 18.0 Å². The van der Waals surface area contributed by atoms with Crippen LogP contribution in [-0.2, 0) is 18.0 Å². The van der Waals surface area contributed by atoms with E-state index in [-0.39, 0.29) is 18.5 Å². The molecule has 0 radical (unpaired) electrons. The molecule has 1 aromatic carbocycles. The second-order valence-corrected chi connectivity index (χ2v) is 7.19. The Balaban J connectivity index is 2.48. The van der Waals surface area contributed by atoms with Gasteiger partial charge in [-0.3, -0.25) is 9.36 Å². The molecule has 23 heavy (non-hydrogen) atoms. The molecule has 6 N–H and O–H groups in total. The Kier molecular flexibility index (Phi) is 4.61. The molecule has 1 amide bonds. The highest BCUT2D eigenvalue weighted by atomic mass is 31.2. The number of hydrogen-bond donors (Lipinski definition) is 4. The highest BCUT2D eigenvalue weighted by Crippen LogP contribution is 2.35. The van der Waals surface area contributed by atoms with E-state index in [1.54, 1.807) is 17.7 Å². The fourth-order valence-corrected chi connectivity index (χ4v) is 3.03. The fraction of sp³-hybridized carbons (Fsp3) is 0.286. The second-order valence-electron chi connectivity index (χ2n) is 5.41. The van der Waals surface area contributed by atoms with Crippen LogP contribution < -0.4 is 11.5 Å². The van der Waals surface area contributed by atoms with Crippen molar-refractivity contribution >= 4 is 30.4 Å². The van der Waals surface area contributed by atoms with Crippen molar-refractivity contribution in [3.63, 3.8) is 0 Å². The third-order valence-electron chi connectivity index (χ3n) is 3.57. The van der Waals surface area contributed by atoms with Crippen molar-refractivity contribution in [3.8, 4) is 0 Å². The largest absolute Gasteiger partial charge is 0.370 e. The van der Waals surface area contributed by atoms with Crippen molar-refractivity contribution in [3.05, 3.63) is 35.0 Å². The standard InChI is InChI=1S/C14H19N4O4P/c1-8-5-9(3-4-23(20,21)22)6-11-10(8)7-12(18(11)2)13(19)17-14(15)16/h5-7H,3-4H2,1-2H3,(H2,20,21,22)(H4,15,16,17,19). The Hall–Kier alpha value is -2.15. The van der Waals surface area contributed by atoms with E-state index in [9.17, 15) is 9.36 Å². The molecular weight excluding hydrogens is 319 g/mol. The fourth-order valence-electron chi connectivity index (χ4n) is 2.48. The predicted octanol–water partition coefficient (Wildman–Crippen LogP) is 0.621. The van der Waals surface area contributed by atoms with Crippen molar-refractivity contribution < 1.29 is 19.1 Å². The Morgan fingerprint density at radius 3 is 2.52 bits per heavy atom. The van der Waals surface area contributed by atoms with Crippen LogP contribution in [0.15, 0.2) is 23.2 Å². The summed E-state index contributed by atoms with van der Waals surface area (Å²) in [6.45, 7) is 1.87. The van der Waals surface area contributed by atoms with Gasteiger partial charge in [-0.15, -0.1) is 0 Å². The molecule has 124 valence electrons. The number of aromatic nitrogens is 1. The van der Waals surface area contributed by atoms with Crippen LogP contribution in [0.4, 0.5) is 0 Å². The van der Waals surface area contributed by atoms with Crippen molar-refractivity contribution in [2.45, 2.75) is 13.3 Å². The lowest BCUT2D eigenvalue weighted by Crippen LogP contribution is -2.24. The van der Waals surface area contributed by atoms with E-state index >= 15 is 0 Å². The molecular formula is C14H19N4O4P. The number of aryl methyl sites for hydroxylation is 3. The SMILES string of the molecule is Cc1cc(CCP(=O)(O)O)cc2c1cc(C(=O)N=C(N)N)n2C. The number of rotatable bonds is 4. The highest BCUT2D eigenvalue weighted by Gasteiger charge is 2.17. The maximum Gasteiger partial charge on any atom is 0.325 e. The van der Waals surface area contributed by atoms with E-state index in [4.69, 9.17) is 21.3 Å². The van der Waals surface area contributed by atoms with Gasteiger partial charge < -0.3 is 25.8 Å². The predicted molar refractivity (Wildman–Crippen MR) is 88.4 cm³/mol. The summed E-state index contributed by atoms with van der Waals surface area (Å²) < 4.78 is 12.7. The van der Waals surface area contributed by atoms with Crippen LogP contribution >= 0.6 is 7.60 Å². The van der Waals surface area contributed by atoms with Gasteiger partial charge in [-0.1, -0.05) is 6.07 Å². The van der Waals surface area contributed by atoms with Gasteiger partial charge in [0.2, 0.25) is 0 Å². The summed E-state index contributed by atoms with van der Waals surface area (Å²) in [4.78, 5) is 33.6. The van der Waals surface area contributed by atoms with Gasteiger partial charge in [0.25, 0.3) is 5.91 Å². The first kappa shape index (κ1) is 17.2. The molecule has 2 rings (SSSR count). The minimum absolute atomic E-state index is 0.220. The molecule has 8 nitrogen and oxygen atoms in total. The molecule has 0 fully saturated rings. The molecule has 0 spiro atoms. The monoisotopic (exact) mass is 338 g/mol. The Labute approximate surface area is 133 Å². The van der Waals surface area contributed by atoms with Crippen LogP contribution in [0.1, 0.15) is 21.6 Å². The average molecular weight is 338 g/mol. The van der Waals surface area contributed by atoms with E-state index < -0.39 is 13.5 Å². The quantitative estimate of drug-likeness (QED) is 0.365. The van der Waals surface area contributed by atoms with E-state index in [1.165, 1.54) is 0 Å². The van der Waals surface area contributed by atoms with E-state index in [1.807, 2.05) is 19.1 Å². The normalized spacial score (nSPS) is 11.7. The van der Waals surface area contributed by atoms with Crippen LogP contribution in [0.5, 0.6) is 0 Å². The summed E-state index contributed by atoms with van der Waals surface area (Å²) in [5, 5.41) is 0.863. The van der Waals surface area contributed by atoms with Crippen LogP contribution in [0, 0.1) is 6.92 Å². The molecule has 0 bridgehead atoms. The van der Waals surface area contributed by atoms with Gasteiger partial charge in [0.1, 0.15) is 5.69 Å². The van der Waals surface area contributed by atoms with Crippen LogP contribution in [0.3, 0.4) is 0 Å². The zero-order chi connectivity index (χ0) is 17.4. The lowest BCUT2D eigenvalue weighted by Gasteiger charge is -2.07. The number of hydrogen-bond acceptors (Lipinski definition) is 2. The zero-order valence-corrected chi connectivity index (χ0v) is 13.7. The number of benzene rings is 1. The number of guanidine groups is 1. The van der Waals surface area contributed by atoms with Gasteiger partial charge in [0.05, 0.1) is 6.16 Å². The average Bonchev–Trinajstić information content (AvgIpc) is 2.73. The molecule has 1 heterocycles. The molecule has 0 unspecified atom stereocenters. The Morgan fingerprint density at radius 2 is 1.96 bits per heavy atom. The molecule has 9 heteroatoms. The smallest absolute Gasteiger partial charge is 0.325 e. The number of carbonyl (C=O) groups is 1. The first-order valence-electron chi connectivity index (χ1n) is 6.86. The molecule has 0 aliphatic rings. The van der Waals surface area contributed by atoms with Gasteiger partial charge in [-0.2, -0.15) is 4.99 Å². The maximum absolute atomic E-state index is 12.0. The first-order chi connectivity index (χ1) is 10.6. The van der Waals surface area contributed by atoms with Crippen LogP contribution in [0.25, 0.3) is 10.9 Å². The highest BCUT2D eigenvalue weighted by molar-refractivity contribution is 7.51. The Bertz CT molecular complexity index is 846. The first-order valence-corrected chi connectivity index (χ1v) is 8.66.